The molecule has 2 aromatic rings. The predicted octanol–water partition coefficient (Wildman–Crippen LogP) is 2.75. The normalized spacial score (nSPS) is 14.5. The monoisotopic (exact) mass is 348 g/mol. The summed E-state index contributed by atoms with van der Waals surface area (Å²) in [4.78, 5) is 30.9. The minimum absolute atomic E-state index is 0.00404. The van der Waals surface area contributed by atoms with Gasteiger partial charge in [0.15, 0.2) is 0 Å². The molecular weight excluding hydrogens is 328 g/mol. The first kappa shape index (κ1) is 17.6. The maximum Gasteiger partial charge on any atom is 0.272 e. The third kappa shape index (κ3) is 3.89. The Morgan fingerprint density at radius 2 is 1.85 bits per heavy atom. The quantitative estimate of drug-likeness (QED) is 0.924. The van der Waals surface area contributed by atoms with Crippen molar-refractivity contribution in [3.05, 3.63) is 59.4 Å². The van der Waals surface area contributed by atoms with Crippen LogP contribution in [0.5, 0.6) is 0 Å². The zero-order valence-corrected chi connectivity index (χ0v) is 14.6. The molecule has 1 aromatic carbocycles. The molecule has 0 atom stereocenters. The van der Waals surface area contributed by atoms with Crippen molar-refractivity contribution in [2.24, 2.45) is 5.92 Å². The lowest BCUT2D eigenvalue weighted by Gasteiger charge is -2.31. The molecule has 0 spiro atoms. The van der Waals surface area contributed by atoms with Gasteiger partial charge >= 0.3 is 0 Å². The average molecular weight is 348 g/mol. The second-order valence-electron chi connectivity index (χ2n) is 6.36. The van der Waals surface area contributed by atoms with E-state index < -0.39 is 0 Å². The van der Waals surface area contributed by atoms with E-state index in [2.05, 4.69) is 10.3 Å². The molecule has 1 saturated heterocycles. The molecule has 1 fully saturated rings. The molecule has 1 aromatic heterocycles. The maximum atomic E-state index is 12.6. The molecule has 2 amide bonds. The Morgan fingerprint density at radius 1 is 1.15 bits per heavy atom. The molecule has 1 aliphatic rings. The number of carbonyl (C=O) groups excluding carboxylic acids is 2. The maximum absolute atomic E-state index is 12.6. The third-order valence-electron chi connectivity index (χ3n) is 4.62. The number of carbonyl (C=O) groups is 2. The van der Waals surface area contributed by atoms with E-state index in [0.717, 1.165) is 5.69 Å². The Bertz CT molecular complexity index is 850. The summed E-state index contributed by atoms with van der Waals surface area (Å²) >= 11 is 0. The van der Waals surface area contributed by atoms with Crippen molar-refractivity contribution >= 4 is 17.5 Å². The van der Waals surface area contributed by atoms with Crippen LogP contribution in [0, 0.1) is 24.2 Å². The number of nitriles is 1. The number of nitrogens with one attached hydrogen (secondary N) is 1. The summed E-state index contributed by atoms with van der Waals surface area (Å²) in [6, 6.07) is 14.6. The van der Waals surface area contributed by atoms with Gasteiger partial charge in [-0.1, -0.05) is 18.2 Å². The van der Waals surface area contributed by atoms with Gasteiger partial charge in [0.2, 0.25) is 5.91 Å². The van der Waals surface area contributed by atoms with Crippen LogP contribution >= 0.6 is 0 Å². The molecule has 0 bridgehead atoms. The first-order valence-corrected chi connectivity index (χ1v) is 8.61. The Hall–Kier alpha value is -3.20. The Morgan fingerprint density at radius 3 is 2.46 bits per heavy atom. The van der Waals surface area contributed by atoms with Crippen LogP contribution in [0.15, 0.2) is 42.5 Å². The predicted molar refractivity (Wildman–Crippen MR) is 97.4 cm³/mol. The highest BCUT2D eigenvalue weighted by molar-refractivity contribution is 5.94. The standard InChI is InChI=1S/C20H20N4O2/c1-14-16(13-21)7-8-18(22-14)20(26)24-11-9-15(10-12-24)19(25)23-17-5-3-2-4-6-17/h2-8,15H,9-12H2,1H3,(H,23,25). The lowest BCUT2D eigenvalue weighted by atomic mass is 9.95. The second kappa shape index (κ2) is 7.79. The number of pyridine rings is 1. The molecular formula is C20H20N4O2. The van der Waals surface area contributed by atoms with Gasteiger partial charge in [0.05, 0.1) is 11.3 Å². The van der Waals surface area contributed by atoms with Crippen molar-refractivity contribution in [3.63, 3.8) is 0 Å². The van der Waals surface area contributed by atoms with Gasteiger partial charge in [-0.05, 0) is 44.0 Å². The number of hydrogen-bond acceptors (Lipinski definition) is 4. The highest BCUT2D eigenvalue weighted by atomic mass is 16.2. The van der Waals surface area contributed by atoms with E-state index in [4.69, 9.17) is 5.26 Å². The summed E-state index contributed by atoms with van der Waals surface area (Å²) in [7, 11) is 0. The number of likely N-dealkylation sites (tertiary alicyclic amines) is 1. The van der Waals surface area contributed by atoms with E-state index in [1.807, 2.05) is 36.4 Å². The van der Waals surface area contributed by atoms with Crippen molar-refractivity contribution in [3.8, 4) is 6.07 Å². The minimum Gasteiger partial charge on any atom is -0.337 e. The number of nitrogens with zero attached hydrogens (tertiary/aromatic N) is 3. The fraction of sp³-hybridized carbons (Fsp3) is 0.300. The number of hydrogen-bond donors (Lipinski definition) is 1. The Labute approximate surface area is 152 Å². The van der Waals surface area contributed by atoms with E-state index in [9.17, 15) is 9.59 Å². The molecule has 1 aliphatic heterocycles. The number of amides is 2. The summed E-state index contributed by atoms with van der Waals surface area (Å²) < 4.78 is 0. The van der Waals surface area contributed by atoms with Crippen LogP contribution in [-0.2, 0) is 4.79 Å². The highest BCUT2D eigenvalue weighted by Gasteiger charge is 2.28. The lowest BCUT2D eigenvalue weighted by Crippen LogP contribution is -2.41. The van der Waals surface area contributed by atoms with E-state index in [1.54, 1.807) is 24.0 Å². The van der Waals surface area contributed by atoms with E-state index in [0.29, 0.717) is 42.9 Å². The Balaban J connectivity index is 1.58. The smallest absolute Gasteiger partial charge is 0.272 e. The van der Waals surface area contributed by atoms with E-state index >= 15 is 0 Å². The number of rotatable bonds is 3. The van der Waals surface area contributed by atoms with Gasteiger partial charge in [0.1, 0.15) is 11.8 Å². The number of aromatic nitrogens is 1. The van der Waals surface area contributed by atoms with Gasteiger partial charge in [0.25, 0.3) is 5.91 Å². The van der Waals surface area contributed by atoms with Crippen LogP contribution in [0.1, 0.15) is 34.6 Å². The minimum atomic E-state index is -0.153. The third-order valence-corrected chi connectivity index (χ3v) is 4.62. The summed E-state index contributed by atoms with van der Waals surface area (Å²) in [6.45, 7) is 2.76. The number of benzene rings is 1. The van der Waals surface area contributed by atoms with Crippen LogP contribution in [0.2, 0.25) is 0 Å². The largest absolute Gasteiger partial charge is 0.337 e. The van der Waals surface area contributed by atoms with Crippen LogP contribution in [0.4, 0.5) is 5.69 Å². The van der Waals surface area contributed by atoms with Crippen LogP contribution in [0.25, 0.3) is 0 Å². The molecule has 3 rings (SSSR count). The summed E-state index contributed by atoms with van der Waals surface area (Å²) in [6.07, 6.45) is 1.25. The van der Waals surface area contributed by atoms with Crippen molar-refractivity contribution < 1.29 is 9.59 Å². The number of piperidine rings is 1. The average Bonchev–Trinajstić information content (AvgIpc) is 2.68. The Kier molecular flexibility index (Phi) is 5.28. The molecule has 26 heavy (non-hydrogen) atoms. The molecule has 1 N–H and O–H groups in total. The molecule has 0 saturated carbocycles. The van der Waals surface area contributed by atoms with Gasteiger partial charge in [-0.2, -0.15) is 5.26 Å². The van der Waals surface area contributed by atoms with Gasteiger partial charge in [-0.3, -0.25) is 9.59 Å². The fourth-order valence-corrected chi connectivity index (χ4v) is 3.07. The van der Waals surface area contributed by atoms with Crippen LogP contribution < -0.4 is 5.32 Å². The molecule has 6 nitrogen and oxygen atoms in total. The van der Waals surface area contributed by atoms with Crippen molar-refractivity contribution in [2.75, 3.05) is 18.4 Å². The molecule has 132 valence electrons. The van der Waals surface area contributed by atoms with Crippen molar-refractivity contribution in [1.82, 2.24) is 9.88 Å². The molecule has 0 aliphatic carbocycles. The first-order valence-electron chi connectivity index (χ1n) is 8.61. The summed E-state index contributed by atoms with van der Waals surface area (Å²) in [5.41, 5.74) is 2.15. The van der Waals surface area contributed by atoms with E-state index in [-0.39, 0.29) is 17.7 Å². The zero-order valence-electron chi connectivity index (χ0n) is 14.6. The number of para-hydroxylation sites is 1. The van der Waals surface area contributed by atoms with Crippen LogP contribution in [0.3, 0.4) is 0 Å². The number of aryl methyl sites for hydroxylation is 1. The van der Waals surface area contributed by atoms with Gasteiger partial charge in [-0.25, -0.2) is 4.98 Å². The number of anilines is 1. The first-order chi connectivity index (χ1) is 12.6. The molecule has 2 heterocycles. The molecule has 0 unspecified atom stereocenters. The highest BCUT2D eigenvalue weighted by Crippen LogP contribution is 2.21. The lowest BCUT2D eigenvalue weighted by molar-refractivity contribution is -0.121. The SMILES string of the molecule is Cc1nc(C(=O)N2CCC(C(=O)Nc3ccccc3)CC2)ccc1C#N. The molecule has 0 radical (unpaired) electrons. The topological polar surface area (TPSA) is 86.1 Å². The summed E-state index contributed by atoms with van der Waals surface area (Å²) in [5, 5.41) is 11.9. The summed E-state index contributed by atoms with van der Waals surface area (Å²) in [5.74, 6) is -0.259. The zero-order chi connectivity index (χ0) is 18.5. The van der Waals surface area contributed by atoms with Crippen LogP contribution in [-0.4, -0.2) is 34.8 Å². The second-order valence-corrected chi connectivity index (χ2v) is 6.36. The van der Waals surface area contributed by atoms with Gasteiger partial charge < -0.3 is 10.2 Å². The fourth-order valence-electron chi connectivity index (χ4n) is 3.07. The van der Waals surface area contributed by atoms with Gasteiger partial charge in [-0.15, -0.1) is 0 Å². The molecule has 6 heteroatoms. The van der Waals surface area contributed by atoms with Crippen molar-refractivity contribution in [1.29, 1.82) is 5.26 Å². The van der Waals surface area contributed by atoms with Crippen molar-refractivity contribution in [2.45, 2.75) is 19.8 Å². The van der Waals surface area contributed by atoms with E-state index in [1.165, 1.54) is 0 Å². The van der Waals surface area contributed by atoms with Gasteiger partial charge in [0, 0.05) is 24.7 Å².